The van der Waals surface area contributed by atoms with Crippen LogP contribution in [0.3, 0.4) is 0 Å². The van der Waals surface area contributed by atoms with E-state index in [1.54, 1.807) is 18.2 Å². The Morgan fingerprint density at radius 1 is 1.00 bits per heavy atom. The van der Waals surface area contributed by atoms with E-state index in [0.717, 1.165) is 11.3 Å². The predicted molar refractivity (Wildman–Crippen MR) is 79.4 cm³/mol. The third-order valence-electron chi connectivity index (χ3n) is 3.26. The molecule has 0 aliphatic rings. The molecule has 0 fully saturated rings. The number of rotatable bonds is 5. The number of hydrogen-bond acceptors (Lipinski definition) is 2. The van der Waals surface area contributed by atoms with Gasteiger partial charge in [-0.2, -0.15) is 0 Å². The predicted octanol–water partition coefficient (Wildman–Crippen LogP) is 4.03. The Hall–Kier alpha value is -1.87. The highest BCUT2D eigenvalue weighted by Crippen LogP contribution is 2.26. The molecule has 106 valence electrons. The standard InChI is InChI=1S/C17H20FNO/c1-12(2)13-7-4-6-10-17(13)20-11-16(19)14-8-3-5-9-15(14)18/h3-10,12,16H,11,19H2,1-2H3. The molecule has 3 heteroatoms. The third kappa shape index (κ3) is 3.36. The SMILES string of the molecule is CC(C)c1ccccc1OCC(N)c1ccccc1F. The van der Waals surface area contributed by atoms with Crippen molar-refractivity contribution in [3.8, 4) is 5.75 Å². The van der Waals surface area contributed by atoms with E-state index in [2.05, 4.69) is 13.8 Å². The van der Waals surface area contributed by atoms with Crippen molar-refractivity contribution in [1.29, 1.82) is 0 Å². The van der Waals surface area contributed by atoms with E-state index in [1.165, 1.54) is 6.07 Å². The molecule has 0 amide bonds. The highest BCUT2D eigenvalue weighted by Gasteiger charge is 2.13. The van der Waals surface area contributed by atoms with Crippen LogP contribution in [0.4, 0.5) is 4.39 Å². The van der Waals surface area contributed by atoms with E-state index in [0.29, 0.717) is 11.5 Å². The van der Waals surface area contributed by atoms with Gasteiger partial charge in [-0.1, -0.05) is 50.2 Å². The van der Waals surface area contributed by atoms with Crippen LogP contribution in [-0.2, 0) is 0 Å². The average molecular weight is 273 g/mol. The van der Waals surface area contributed by atoms with Crippen LogP contribution in [0.1, 0.15) is 36.9 Å². The molecule has 2 N–H and O–H groups in total. The van der Waals surface area contributed by atoms with E-state index in [-0.39, 0.29) is 12.4 Å². The van der Waals surface area contributed by atoms with Gasteiger partial charge in [0.15, 0.2) is 0 Å². The van der Waals surface area contributed by atoms with Crippen LogP contribution in [0.5, 0.6) is 5.75 Å². The van der Waals surface area contributed by atoms with Crippen molar-refractivity contribution < 1.29 is 9.13 Å². The van der Waals surface area contributed by atoms with E-state index in [9.17, 15) is 4.39 Å². The third-order valence-corrected chi connectivity index (χ3v) is 3.26. The van der Waals surface area contributed by atoms with E-state index < -0.39 is 6.04 Å². The molecule has 0 aliphatic carbocycles. The minimum atomic E-state index is -0.476. The van der Waals surface area contributed by atoms with Crippen molar-refractivity contribution in [1.82, 2.24) is 0 Å². The summed E-state index contributed by atoms with van der Waals surface area (Å²) in [5.74, 6) is 0.894. The number of halogens is 1. The van der Waals surface area contributed by atoms with Gasteiger partial charge in [0.1, 0.15) is 18.2 Å². The molecule has 0 bridgehead atoms. The Labute approximate surface area is 119 Å². The summed E-state index contributed by atoms with van der Waals surface area (Å²) in [5.41, 5.74) is 7.62. The summed E-state index contributed by atoms with van der Waals surface area (Å²) in [7, 11) is 0. The number of benzene rings is 2. The lowest BCUT2D eigenvalue weighted by Crippen LogP contribution is -2.20. The highest BCUT2D eigenvalue weighted by atomic mass is 19.1. The molecule has 2 nitrogen and oxygen atoms in total. The van der Waals surface area contributed by atoms with Gasteiger partial charge in [0.05, 0.1) is 6.04 Å². The molecule has 0 saturated carbocycles. The van der Waals surface area contributed by atoms with Gasteiger partial charge in [-0.15, -0.1) is 0 Å². The van der Waals surface area contributed by atoms with Gasteiger partial charge in [0.2, 0.25) is 0 Å². The minimum absolute atomic E-state index is 0.255. The van der Waals surface area contributed by atoms with Crippen molar-refractivity contribution in [3.63, 3.8) is 0 Å². The van der Waals surface area contributed by atoms with Gasteiger partial charge in [-0.05, 0) is 23.6 Å². The largest absolute Gasteiger partial charge is 0.491 e. The van der Waals surface area contributed by atoms with Crippen LogP contribution in [0.15, 0.2) is 48.5 Å². The first kappa shape index (κ1) is 14.5. The second-order valence-corrected chi connectivity index (χ2v) is 5.13. The van der Waals surface area contributed by atoms with Crippen molar-refractivity contribution in [2.24, 2.45) is 5.73 Å². The zero-order valence-electron chi connectivity index (χ0n) is 11.8. The van der Waals surface area contributed by atoms with Crippen molar-refractivity contribution in [2.75, 3.05) is 6.61 Å². The monoisotopic (exact) mass is 273 g/mol. The Balaban J connectivity index is 2.08. The molecule has 0 saturated heterocycles. The second kappa shape index (κ2) is 6.53. The molecular weight excluding hydrogens is 253 g/mol. The van der Waals surface area contributed by atoms with Gasteiger partial charge in [0, 0.05) is 5.56 Å². The molecule has 0 aliphatic heterocycles. The Kier molecular flexibility index (Phi) is 4.74. The molecule has 0 radical (unpaired) electrons. The fourth-order valence-corrected chi connectivity index (χ4v) is 2.13. The van der Waals surface area contributed by atoms with Crippen LogP contribution >= 0.6 is 0 Å². The minimum Gasteiger partial charge on any atom is -0.491 e. The van der Waals surface area contributed by atoms with Crippen LogP contribution in [0.25, 0.3) is 0 Å². The lowest BCUT2D eigenvalue weighted by atomic mass is 10.0. The fourth-order valence-electron chi connectivity index (χ4n) is 2.13. The van der Waals surface area contributed by atoms with Crippen LogP contribution < -0.4 is 10.5 Å². The Morgan fingerprint density at radius 2 is 1.60 bits per heavy atom. The normalized spacial score (nSPS) is 12.4. The first-order chi connectivity index (χ1) is 9.59. The van der Waals surface area contributed by atoms with Crippen LogP contribution in [0.2, 0.25) is 0 Å². The van der Waals surface area contributed by atoms with Gasteiger partial charge in [-0.25, -0.2) is 4.39 Å². The summed E-state index contributed by atoms with van der Waals surface area (Å²) < 4.78 is 19.4. The maximum Gasteiger partial charge on any atom is 0.128 e. The molecule has 0 heterocycles. The second-order valence-electron chi connectivity index (χ2n) is 5.13. The lowest BCUT2D eigenvalue weighted by Gasteiger charge is -2.17. The Morgan fingerprint density at radius 3 is 2.25 bits per heavy atom. The molecule has 0 spiro atoms. The first-order valence-electron chi connectivity index (χ1n) is 6.81. The fraction of sp³-hybridized carbons (Fsp3) is 0.294. The van der Waals surface area contributed by atoms with Gasteiger partial charge >= 0.3 is 0 Å². The molecule has 20 heavy (non-hydrogen) atoms. The van der Waals surface area contributed by atoms with Gasteiger partial charge < -0.3 is 10.5 Å². The maximum atomic E-state index is 13.6. The van der Waals surface area contributed by atoms with E-state index in [4.69, 9.17) is 10.5 Å². The topological polar surface area (TPSA) is 35.2 Å². The summed E-state index contributed by atoms with van der Waals surface area (Å²) in [5, 5.41) is 0. The Bertz CT molecular complexity index is 568. The molecule has 1 unspecified atom stereocenters. The van der Waals surface area contributed by atoms with Crippen LogP contribution in [-0.4, -0.2) is 6.61 Å². The summed E-state index contributed by atoms with van der Waals surface area (Å²) in [4.78, 5) is 0. The van der Waals surface area contributed by atoms with Gasteiger partial charge in [0.25, 0.3) is 0 Å². The smallest absolute Gasteiger partial charge is 0.128 e. The molecule has 1 atom stereocenters. The number of ether oxygens (including phenoxy) is 1. The quantitative estimate of drug-likeness (QED) is 0.892. The summed E-state index contributed by atoms with van der Waals surface area (Å²) in [6.45, 7) is 4.47. The molecule has 2 aromatic carbocycles. The number of hydrogen-bond donors (Lipinski definition) is 1. The van der Waals surface area contributed by atoms with Crippen LogP contribution in [0, 0.1) is 5.82 Å². The molecule has 2 aromatic rings. The average Bonchev–Trinajstić information content (AvgIpc) is 2.45. The molecule has 0 aromatic heterocycles. The summed E-state index contributed by atoms with van der Waals surface area (Å²) >= 11 is 0. The van der Waals surface area contributed by atoms with E-state index >= 15 is 0 Å². The van der Waals surface area contributed by atoms with Crippen molar-refractivity contribution in [3.05, 3.63) is 65.5 Å². The molecular formula is C17H20FNO. The zero-order valence-corrected chi connectivity index (χ0v) is 11.8. The zero-order chi connectivity index (χ0) is 14.5. The lowest BCUT2D eigenvalue weighted by molar-refractivity contribution is 0.284. The first-order valence-corrected chi connectivity index (χ1v) is 6.81. The maximum absolute atomic E-state index is 13.6. The molecule has 2 rings (SSSR count). The van der Waals surface area contributed by atoms with Crippen molar-refractivity contribution >= 4 is 0 Å². The number of nitrogens with two attached hydrogens (primary N) is 1. The van der Waals surface area contributed by atoms with Gasteiger partial charge in [-0.3, -0.25) is 0 Å². The summed E-state index contributed by atoms with van der Waals surface area (Å²) in [6.07, 6.45) is 0. The van der Waals surface area contributed by atoms with Crippen molar-refractivity contribution in [2.45, 2.75) is 25.8 Å². The summed E-state index contributed by atoms with van der Waals surface area (Å²) in [6, 6.07) is 13.9. The number of para-hydroxylation sites is 1. The van der Waals surface area contributed by atoms with E-state index in [1.807, 2.05) is 24.3 Å². The highest BCUT2D eigenvalue weighted by molar-refractivity contribution is 5.35.